The Labute approximate surface area is 188 Å². The molecule has 1 aromatic heterocycles. The molecule has 2 aromatic carbocycles. The average molecular weight is 458 g/mol. The van der Waals surface area contributed by atoms with Crippen LogP contribution in [0.2, 0.25) is 0 Å². The van der Waals surface area contributed by atoms with Crippen LogP contribution in [-0.4, -0.2) is 33.6 Å². The first kappa shape index (κ1) is 22.4. The largest absolute Gasteiger partial charge is 0.351 e. The van der Waals surface area contributed by atoms with Crippen LogP contribution in [0, 0.1) is 17.5 Å². The van der Waals surface area contributed by atoms with Gasteiger partial charge >= 0.3 is 0 Å². The summed E-state index contributed by atoms with van der Waals surface area (Å²) in [6.07, 6.45) is 3.84. The second-order valence-electron chi connectivity index (χ2n) is 7.65. The summed E-state index contributed by atoms with van der Waals surface area (Å²) in [5.41, 5.74) is 0.813. The third kappa shape index (κ3) is 5.49. The number of carbonyl (C=O) groups excluding carboxylic acids is 1. The van der Waals surface area contributed by atoms with Gasteiger partial charge in [0.05, 0.1) is 6.04 Å². The minimum Gasteiger partial charge on any atom is -0.351 e. The number of amides is 1. The molecule has 1 amide bonds. The van der Waals surface area contributed by atoms with Gasteiger partial charge in [-0.1, -0.05) is 12.1 Å². The minimum absolute atomic E-state index is 0.00996. The summed E-state index contributed by atoms with van der Waals surface area (Å²) in [5, 5.41) is 2.93. The molecule has 0 saturated carbocycles. The molecule has 1 fully saturated rings. The Morgan fingerprint density at radius 1 is 1.06 bits per heavy atom. The molecule has 0 bridgehead atoms. The van der Waals surface area contributed by atoms with E-state index in [4.69, 9.17) is 0 Å². The number of halogens is 3. The fraction of sp³-hybridized carbons (Fsp3) is 0.250. The Morgan fingerprint density at radius 3 is 2.50 bits per heavy atom. The van der Waals surface area contributed by atoms with E-state index in [1.165, 1.54) is 42.1 Å². The average Bonchev–Trinajstić information content (AvgIpc) is 3.19. The fourth-order valence-corrected chi connectivity index (χ4v) is 5.02. The molecule has 8 heteroatoms. The molecule has 0 unspecified atom stereocenters. The highest BCUT2D eigenvalue weighted by atomic mass is 32.2. The molecule has 32 heavy (non-hydrogen) atoms. The number of pyridine rings is 1. The third-order valence-electron chi connectivity index (χ3n) is 5.40. The number of nitrogens with one attached hydrogen (secondary N) is 1. The molecule has 1 aliphatic rings. The maximum atomic E-state index is 14.3. The number of nitrogens with zero attached hydrogens (tertiary/aromatic N) is 2. The van der Waals surface area contributed by atoms with Gasteiger partial charge in [-0.2, -0.15) is 0 Å². The maximum Gasteiger partial charge on any atom is 0.237 e. The van der Waals surface area contributed by atoms with Crippen LogP contribution in [0.4, 0.5) is 13.2 Å². The lowest BCUT2D eigenvalue weighted by atomic mass is 10.1. The number of aromatic nitrogens is 1. The van der Waals surface area contributed by atoms with Gasteiger partial charge in [0.2, 0.25) is 5.91 Å². The second-order valence-corrected chi connectivity index (χ2v) is 9.03. The van der Waals surface area contributed by atoms with Crippen LogP contribution in [-0.2, 0) is 17.9 Å². The lowest BCUT2D eigenvalue weighted by Gasteiger charge is -2.24. The van der Waals surface area contributed by atoms with Gasteiger partial charge < -0.3 is 5.32 Å². The zero-order valence-electron chi connectivity index (χ0n) is 17.2. The fourth-order valence-electron chi connectivity index (χ4n) is 3.80. The molecule has 2 atom stereocenters. The standard InChI is InChI=1S/C24H22F3N3OS/c25-17-6-8-18(9-7-17)32-19-11-23(24(31)29-13-16-3-2-10-28-12-16)30(14-19)15-20-21(26)4-1-5-22(20)27/h1-10,12,19,23H,11,13-15H2,(H,29,31)/t19-,23+/m1/s1. The van der Waals surface area contributed by atoms with E-state index in [1.807, 2.05) is 6.07 Å². The van der Waals surface area contributed by atoms with Crippen LogP contribution in [0.3, 0.4) is 0 Å². The Hall–Kier alpha value is -2.84. The molecule has 0 aliphatic carbocycles. The Kier molecular flexibility index (Phi) is 7.12. The van der Waals surface area contributed by atoms with E-state index in [2.05, 4.69) is 10.3 Å². The highest BCUT2D eigenvalue weighted by Gasteiger charge is 2.37. The van der Waals surface area contributed by atoms with E-state index in [-0.39, 0.29) is 29.1 Å². The summed E-state index contributed by atoms with van der Waals surface area (Å²) >= 11 is 1.53. The molecule has 0 radical (unpaired) electrons. The number of hydrogen-bond donors (Lipinski definition) is 1. The molecule has 0 spiro atoms. The third-order valence-corrected chi connectivity index (χ3v) is 6.62. The number of rotatable bonds is 7. The summed E-state index contributed by atoms with van der Waals surface area (Å²) in [7, 11) is 0. The lowest BCUT2D eigenvalue weighted by Crippen LogP contribution is -2.42. The van der Waals surface area contributed by atoms with Gasteiger partial charge in [0.25, 0.3) is 0 Å². The zero-order valence-corrected chi connectivity index (χ0v) is 18.0. The highest BCUT2D eigenvalue weighted by Crippen LogP contribution is 2.34. The minimum atomic E-state index is -0.630. The molecular formula is C24H22F3N3OS. The summed E-state index contributed by atoms with van der Waals surface area (Å²) in [5.74, 6) is -1.78. The predicted molar refractivity (Wildman–Crippen MR) is 117 cm³/mol. The van der Waals surface area contributed by atoms with E-state index in [0.29, 0.717) is 19.5 Å². The molecule has 1 N–H and O–H groups in total. The van der Waals surface area contributed by atoms with Crippen LogP contribution < -0.4 is 5.32 Å². The van der Waals surface area contributed by atoms with Gasteiger partial charge in [-0.3, -0.25) is 14.7 Å². The van der Waals surface area contributed by atoms with Crippen LogP contribution in [0.15, 0.2) is 71.9 Å². The summed E-state index contributed by atoms with van der Waals surface area (Å²) in [4.78, 5) is 19.7. The molecule has 1 saturated heterocycles. The van der Waals surface area contributed by atoms with Crippen molar-refractivity contribution in [2.75, 3.05) is 6.54 Å². The van der Waals surface area contributed by atoms with Crippen molar-refractivity contribution in [2.45, 2.75) is 35.7 Å². The van der Waals surface area contributed by atoms with Crippen molar-refractivity contribution in [1.29, 1.82) is 0 Å². The molecule has 4 nitrogen and oxygen atoms in total. The summed E-state index contributed by atoms with van der Waals surface area (Å²) < 4.78 is 41.8. The van der Waals surface area contributed by atoms with Crippen LogP contribution >= 0.6 is 11.8 Å². The molecule has 166 valence electrons. The second kappa shape index (κ2) is 10.2. The quantitative estimate of drug-likeness (QED) is 0.566. The van der Waals surface area contributed by atoms with Crippen LogP contribution in [0.5, 0.6) is 0 Å². The Bertz CT molecular complexity index is 1050. The Morgan fingerprint density at radius 2 is 1.81 bits per heavy atom. The van der Waals surface area contributed by atoms with E-state index < -0.39 is 17.7 Å². The Balaban J connectivity index is 1.49. The summed E-state index contributed by atoms with van der Waals surface area (Å²) in [6, 6.07) is 13.0. The van der Waals surface area contributed by atoms with Crippen molar-refractivity contribution in [1.82, 2.24) is 15.2 Å². The molecular weight excluding hydrogens is 435 g/mol. The van der Waals surface area contributed by atoms with Crippen molar-refractivity contribution in [2.24, 2.45) is 0 Å². The zero-order chi connectivity index (χ0) is 22.5. The van der Waals surface area contributed by atoms with E-state index >= 15 is 0 Å². The summed E-state index contributed by atoms with van der Waals surface area (Å²) in [6.45, 7) is 0.783. The van der Waals surface area contributed by atoms with E-state index in [1.54, 1.807) is 35.5 Å². The van der Waals surface area contributed by atoms with Crippen LogP contribution in [0.25, 0.3) is 0 Å². The van der Waals surface area contributed by atoms with Crippen molar-refractivity contribution < 1.29 is 18.0 Å². The molecule has 4 rings (SSSR count). The predicted octanol–water partition coefficient (Wildman–Crippen LogP) is 4.55. The first-order chi connectivity index (χ1) is 15.5. The van der Waals surface area contributed by atoms with E-state index in [0.717, 1.165) is 10.5 Å². The number of carbonyl (C=O) groups is 1. The molecule has 2 heterocycles. The van der Waals surface area contributed by atoms with Crippen molar-refractivity contribution in [3.63, 3.8) is 0 Å². The van der Waals surface area contributed by atoms with Crippen molar-refractivity contribution in [3.8, 4) is 0 Å². The normalized spacial score (nSPS) is 18.6. The molecule has 1 aliphatic heterocycles. The number of thioether (sulfide) groups is 1. The molecule has 3 aromatic rings. The van der Waals surface area contributed by atoms with Gasteiger partial charge in [-0.05, 0) is 54.4 Å². The van der Waals surface area contributed by atoms with Gasteiger partial charge in [0, 0.05) is 47.7 Å². The first-order valence-electron chi connectivity index (χ1n) is 10.3. The van der Waals surface area contributed by atoms with Crippen molar-refractivity contribution >= 4 is 17.7 Å². The monoisotopic (exact) mass is 457 g/mol. The first-order valence-corrected chi connectivity index (χ1v) is 11.1. The van der Waals surface area contributed by atoms with Gasteiger partial charge in [0.15, 0.2) is 0 Å². The SMILES string of the molecule is O=C(NCc1cccnc1)[C@@H]1C[C@@H](Sc2ccc(F)cc2)CN1Cc1c(F)cccc1F. The van der Waals surface area contributed by atoms with Crippen LogP contribution in [0.1, 0.15) is 17.5 Å². The number of benzene rings is 2. The lowest BCUT2D eigenvalue weighted by molar-refractivity contribution is -0.125. The van der Waals surface area contributed by atoms with Gasteiger partial charge in [-0.15, -0.1) is 11.8 Å². The number of likely N-dealkylation sites (tertiary alicyclic amines) is 1. The maximum absolute atomic E-state index is 14.3. The number of hydrogen-bond acceptors (Lipinski definition) is 4. The smallest absolute Gasteiger partial charge is 0.237 e. The van der Waals surface area contributed by atoms with Gasteiger partial charge in [0.1, 0.15) is 17.5 Å². The van der Waals surface area contributed by atoms with E-state index in [9.17, 15) is 18.0 Å². The van der Waals surface area contributed by atoms with Gasteiger partial charge in [-0.25, -0.2) is 13.2 Å². The van der Waals surface area contributed by atoms with Crippen molar-refractivity contribution in [3.05, 3.63) is 95.6 Å². The topological polar surface area (TPSA) is 45.2 Å². The highest BCUT2D eigenvalue weighted by molar-refractivity contribution is 8.00.